The summed E-state index contributed by atoms with van der Waals surface area (Å²) in [5.41, 5.74) is 0.784. The highest BCUT2D eigenvalue weighted by atomic mass is 127. The molecule has 0 spiro atoms. The van der Waals surface area contributed by atoms with Gasteiger partial charge < -0.3 is 5.32 Å². The number of halogens is 1. The van der Waals surface area contributed by atoms with Crippen LogP contribution in [0.1, 0.15) is 25.7 Å². The Bertz CT molecular complexity index is 529. The number of benzene rings is 1. The summed E-state index contributed by atoms with van der Waals surface area (Å²) in [5, 5.41) is 2.82. The van der Waals surface area contributed by atoms with Crippen LogP contribution in [-0.2, 0) is 14.4 Å². The van der Waals surface area contributed by atoms with E-state index in [-0.39, 0.29) is 17.7 Å². The van der Waals surface area contributed by atoms with Gasteiger partial charge in [0.1, 0.15) is 0 Å². The molecule has 0 aliphatic carbocycles. The van der Waals surface area contributed by atoms with Gasteiger partial charge in [0.25, 0.3) is 0 Å². The quantitative estimate of drug-likeness (QED) is 0.623. The minimum atomic E-state index is -0.131. The third kappa shape index (κ3) is 3.78. The van der Waals surface area contributed by atoms with E-state index in [9.17, 15) is 14.4 Å². The molecule has 1 fully saturated rings. The number of amides is 3. The van der Waals surface area contributed by atoms with Crippen LogP contribution in [0.25, 0.3) is 0 Å². The van der Waals surface area contributed by atoms with E-state index >= 15 is 0 Å². The number of hydrogen-bond donors (Lipinski definition) is 1. The average molecular weight is 386 g/mol. The molecule has 20 heavy (non-hydrogen) atoms. The summed E-state index contributed by atoms with van der Waals surface area (Å²) in [7, 11) is 0. The number of nitrogens with one attached hydrogen (secondary N) is 1. The molecule has 1 N–H and O–H groups in total. The molecule has 1 aliphatic heterocycles. The lowest BCUT2D eigenvalue weighted by molar-refractivity contribution is -0.138. The van der Waals surface area contributed by atoms with Gasteiger partial charge in [0.2, 0.25) is 17.7 Å². The topological polar surface area (TPSA) is 66.5 Å². The Labute approximate surface area is 130 Å². The SMILES string of the molecule is O=C(CCCN1C(=O)CCC1=O)Nc1ccccc1I. The monoisotopic (exact) mass is 386 g/mol. The number of likely N-dealkylation sites (tertiary alicyclic amines) is 1. The standard InChI is InChI=1S/C14H15IN2O3/c15-10-4-1-2-5-11(10)16-12(18)6-3-9-17-13(19)7-8-14(17)20/h1-2,4-5H,3,6-9H2,(H,16,18). The highest BCUT2D eigenvalue weighted by Crippen LogP contribution is 2.17. The lowest BCUT2D eigenvalue weighted by Crippen LogP contribution is -2.30. The molecule has 0 saturated carbocycles. The highest BCUT2D eigenvalue weighted by Gasteiger charge is 2.28. The van der Waals surface area contributed by atoms with Crippen molar-refractivity contribution in [2.75, 3.05) is 11.9 Å². The normalized spacial score (nSPS) is 14.8. The second-order valence-electron chi connectivity index (χ2n) is 4.57. The average Bonchev–Trinajstić information content (AvgIpc) is 2.73. The van der Waals surface area contributed by atoms with Gasteiger partial charge in [-0.25, -0.2) is 0 Å². The lowest BCUT2D eigenvalue weighted by Gasteiger charge is -2.13. The third-order valence-electron chi connectivity index (χ3n) is 3.09. The Morgan fingerprint density at radius 3 is 2.50 bits per heavy atom. The van der Waals surface area contributed by atoms with E-state index < -0.39 is 0 Å². The maximum Gasteiger partial charge on any atom is 0.229 e. The Morgan fingerprint density at radius 2 is 1.85 bits per heavy atom. The van der Waals surface area contributed by atoms with Gasteiger partial charge in [-0.15, -0.1) is 0 Å². The molecule has 6 heteroatoms. The molecule has 1 heterocycles. The van der Waals surface area contributed by atoms with Crippen LogP contribution < -0.4 is 5.32 Å². The van der Waals surface area contributed by atoms with E-state index in [0.717, 1.165) is 9.26 Å². The van der Waals surface area contributed by atoms with Gasteiger partial charge in [-0.05, 0) is 41.1 Å². The van der Waals surface area contributed by atoms with Crippen LogP contribution in [-0.4, -0.2) is 29.2 Å². The van der Waals surface area contributed by atoms with Crippen LogP contribution in [0.4, 0.5) is 5.69 Å². The van der Waals surface area contributed by atoms with Crippen LogP contribution in [0.3, 0.4) is 0 Å². The fraction of sp³-hybridized carbons (Fsp3) is 0.357. The van der Waals surface area contributed by atoms with Crippen LogP contribution in [0.15, 0.2) is 24.3 Å². The van der Waals surface area contributed by atoms with Gasteiger partial charge in [-0.3, -0.25) is 19.3 Å². The highest BCUT2D eigenvalue weighted by molar-refractivity contribution is 14.1. The molecule has 2 rings (SSSR count). The van der Waals surface area contributed by atoms with Crippen molar-refractivity contribution >= 4 is 46.0 Å². The number of carbonyl (C=O) groups is 3. The molecule has 1 aromatic carbocycles. The lowest BCUT2D eigenvalue weighted by atomic mass is 10.2. The van der Waals surface area contributed by atoms with Gasteiger partial charge in [-0.1, -0.05) is 12.1 Å². The number of para-hydroxylation sites is 1. The Hall–Kier alpha value is -1.44. The minimum absolute atomic E-state index is 0.104. The van der Waals surface area contributed by atoms with Gasteiger partial charge >= 0.3 is 0 Å². The van der Waals surface area contributed by atoms with E-state index in [1.54, 1.807) is 0 Å². The predicted molar refractivity (Wildman–Crippen MR) is 83.0 cm³/mol. The number of rotatable bonds is 5. The van der Waals surface area contributed by atoms with Crippen molar-refractivity contribution < 1.29 is 14.4 Å². The molecule has 0 radical (unpaired) electrons. The molecule has 106 valence electrons. The zero-order valence-corrected chi connectivity index (χ0v) is 13.1. The molecule has 1 saturated heterocycles. The van der Waals surface area contributed by atoms with Gasteiger partial charge in [0.15, 0.2) is 0 Å². The fourth-order valence-electron chi connectivity index (χ4n) is 2.05. The Kier molecular flexibility index (Phi) is 5.11. The number of hydrogen-bond acceptors (Lipinski definition) is 3. The molecule has 1 aromatic rings. The first-order valence-electron chi connectivity index (χ1n) is 6.45. The van der Waals surface area contributed by atoms with Crippen molar-refractivity contribution in [2.45, 2.75) is 25.7 Å². The van der Waals surface area contributed by atoms with E-state index in [1.165, 1.54) is 4.90 Å². The zero-order valence-electron chi connectivity index (χ0n) is 10.9. The molecule has 5 nitrogen and oxygen atoms in total. The molecule has 1 aliphatic rings. The molecule has 0 unspecified atom stereocenters. The van der Waals surface area contributed by atoms with Crippen molar-refractivity contribution in [3.05, 3.63) is 27.8 Å². The van der Waals surface area contributed by atoms with Crippen molar-refractivity contribution in [1.29, 1.82) is 0 Å². The maximum absolute atomic E-state index is 11.8. The van der Waals surface area contributed by atoms with Crippen LogP contribution >= 0.6 is 22.6 Å². The number of anilines is 1. The van der Waals surface area contributed by atoms with Crippen LogP contribution in [0.5, 0.6) is 0 Å². The maximum atomic E-state index is 11.8. The van der Waals surface area contributed by atoms with E-state index in [1.807, 2.05) is 24.3 Å². The zero-order chi connectivity index (χ0) is 14.5. The summed E-state index contributed by atoms with van der Waals surface area (Å²) >= 11 is 2.16. The summed E-state index contributed by atoms with van der Waals surface area (Å²) in [5.74, 6) is -0.366. The third-order valence-corrected chi connectivity index (χ3v) is 4.03. The Balaban J connectivity index is 1.77. The number of carbonyl (C=O) groups excluding carboxylic acids is 3. The second kappa shape index (κ2) is 6.83. The predicted octanol–water partition coefficient (Wildman–Crippen LogP) is 2.16. The van der Waals surface area contributed by atoms with E-state index in [4.69, 9.17) is 0 Å². The summed E-state index contributed by atoms with van der Waals surface area (Å²) < 4.78 is 0.975. The Morgan fingerprint density at radius 1 is 1.20 bits per heavy atom. The van der Waals surface area contributed by atoms with Crippen LogP contribution in [0, 0.1) is 3.57 Å². The number of imide groups is 1. The van der Waals surface area contributed by atoms with Gasteiger partial charge in [0, 0.05) is 29.4 Å². The second-order valence-corrected chi connectivity index (χ2v) is 5.73. The summed E-state index contributed by atoms with van der Waals surface area (Å²) in [6.07, 6.45) is 1.38. The molecule has 0 aromatic heterocycles. The van der Waals surface area contributed by atoms with Crippen molar-refractivity contribution in [3.8, 4) is 0 Å². The summed E-state index contributed by atoms with van der Waals surface area (Å²) in [6.45, 7) is 0.330. The molecular weight excluding hydrogens is 371 g/mol. The molecular formula is C14H15IN2O3. The molecule has 0 bridgehead atoms. The first-order chi connectivity index (χ1) is 9.58. The molecule has 0 atom stereocenters. The van der Waals surface area contributed by atoms with E-state index in [2.05, 4.69) is 27.9 Å². The largest absolute Gasteiger partial charge is 0.325 e. The molecule has 3 amide bonds. The summed E-state index contributed by atoms with van der Waals surface area (Å²) in [4.78, 5) is 35.8. The number of nitrogens with zero attached hydrogens (tertiary/aromatic N) is 1. The van der Waals surface area contributed by atoms with Gasteiger partial charge in [-0.2, -0.15) is 0 Å². The minimum Gasteiger partial charge on any atom is -0.325 e. The van der Waals surface area contributed by atoms with Crippen molar-refractivity contribution in [3.63, 3.8) is 0 Å². The van der Waals surface area contributed by atoms with Crippen molar-refractivity contribution in [2.24, 2.45) is 0 Å². The van der Waals surface area contributed by atoms with Gasteiger partial charge in [0.05, 0.1) is 5.69 Å². The first kappa shape index (κ1) is 15.0. The van der Waals surface area contributed by atoms with E-state index in [0.29, 0.717) is 32.2 Å². The first-order valence-corrected chi connectivity index (χ1v) is 7.53. The fourth-order valence-corrected chi connectivity index (χ4v) is 2.57. The smallest absolute Gasteiger partial charge is 0.229 e. The van der Waals surface area contributed by atoms with Crippen molar-refractivity contribution in [1.82, 2.24) is 4.90 Å². The summed E-state index contributed by atoms with van der Waals surface area (Å²) in [6, 6.07) is 7.52. The van der Waals surface area contributed by atoms with Crippen LogP contribution in [0.2, 0.25) is 0 Å².